The van der Waals surface area contributed by atoms with E-state index in [1.54, 1.807) is 36.4 Å². The van der Waals surface area contributed by atoms with E-state index in [0.717, 1.165) is 19.3 Å². The second-order valence-corrected chi connectivity index (χ2v) is 7.71. The van der Waals surface area contributed by atoms with Crippen LogP contribution < -0.4 is 9.64 Å². The summed E-state index contributed by atoms with van der Waals surface area (Å²) in [6.07, 6.45) is 2.57. The maximum absolute atomic E-state index is 12.8. The molecular weight excluding hydrogens is 354 g/mol. The molecule has 1 aliphatic carbocycles. The topological polar surface area (TPSA) is 63.7 Å². The molecule has 28 heavy (non-hydrogen) atoms. The van der Waals surface area contributed by atoms with E-state index >= 15 is 0 Å². The molecule has 0 radical (unpaired) electrons. The standard InChI is InChI=1S/C23H23NO4/c1-15-7-12-19-20(13-15)23(27)24(22(19)26)17-8-10-18(11-9-17)28-14-21(25)16-5-3-2-4-6-16/h2-6,8-11,15,19-20H,7,12-14H2,1H3/t15-,19+,20+/m0/s1. The summed E-state index contributed by atoms with van der Waals surface area (Å²) in [5.41, 5.74) is 1.17. The molecule has 0 bridgehead atoms. The summed E-state index contributed by atoms with van der Waals surface area (Å²) in [4.78, 5) is 39.0. The van der Waals surface area contributed by atoms with Gasteiger partial charge in [-0.1, -0.05) is 37.3 Å². The Morgan fingerprint density at radius 1 is 0.964 bits per heavy atom. The van der Waals surface area contributed by atoms with Gasteiger partial charge in [0.05, 0.1) is 17.5 Å². The van der Waals surface area contributed by atoms with Gasteiger partial charge in [-0.05, 0) is 49.4 Å². The van der Waals surface area contributed by atoms with Gasteiger partial charge in [-0.3, -0.25) is 19.3 Å². The lowest BCUT2D eigenvalue weighted by atomic mass is 9.76. The first kappa shape index (κ1) is 18.4. The van der Waals surface area contributed by atoms with Crippen molar-refractivity contribution in [3.8, 4) is 5.75 Å². The van der Waals surface area contributed by atoms with Crippen molar-refractivity contribution < 1.29 is 19.1 Å². The number of hydrogen-bond donors (Lipinski definition) is 0. The minimum Gasteiger partial charge on any atom is -0.485 e. The Hall–Kier alpha value is -2.95. The number of rotatable bonds is 5. The third-order valence-electron chi connectivity index (χ3n) is 5.75. The summed E-state index contributed by atoms with van der Waals surface area (Å²) < 4.78 is 5.56. The molecule has 0 spiro atoms. The highest BCUT2D eigenvalue weighted by atomic mass is 16.5. The van der Waals surface area contributed by atoms with E-state index in [1.807, 2.05) is 18.2 Å². The summed E-state index contributed by atoms with van der Waals surface area (Å²) in [5.74, 6) is 0.366. The Kier molecular flexibility index (Phi) is 4.99. The van der Waals surface area contributed by atoms with Crippen LogP contribution in [0, 0.1) is 17.8 Å². The van der Waals surface area contributed by atoms with Crippen LogP contribution in [0.2, 0.25) is 0 Å². The molecule has 3 atom stereocenters. The second-order valence-electron chi connectivity index (χ2n) is 7.71. The zero-order valence-corrected chi connectivity index (χ0v) is 15.8. The fraction of sp³-hybridized carbons (Fsp3) is 0.348. The molecule has 2 amide bonds. The zero-order chi connectivity index (χ0) is 19.7. The number of carbonyl (C=O) groups excluding carboxylic acids is 3. The average molecular weight is 377 g/mol. The van der Waals surface area contributed by atoms with E-state index in [-0.39, 0.29) is 36.0 Å². The first-order chi connectivity index (χ1) is 13.5. The number of imide groups is 1. The summed E-state index contributed by atoms with van der Waals surface area (Å²) in [5, 5.41) is 0. The first-order valence-corrected chi connectivity index (χ1v) is 9.73. The summed E-state index contributed by atoms with van der Waals surface area (Å²) in [7, 11) is 0. The van der Waals surface area contributed by atoms with Gasteiger partial charge < -0.3 is 4.74 Å². The molecular formula is C23H23NO4. The molecule has 5 nitrogen and oxygen atoms in total. The summed E-state index contributed by atoms with van der Waals surface area (Å²) >= 11 is 0. The molecule has 1 saturated carbocycles. The van der Waals surface area contributed by atoms with E-state index in [4.69, 9.17) is 4.74 Å². The highest BCUT2D eigenvalue weighted by Gasteiger charge is 2.49. The van der Waals surface area contributed by atoms with Crippen molar-refractivity contribution in [2.75, 3.05) is 11.5 Å². The molecule has 4 rings (SSSR count). The Bertz CT molecular complexity index is 891. The first-order valence-electron chi connectivity index (χ1n) is 9.73. The third kappa shape index (κ3) is 3.44. The van der Waals surface area contributed by atoms with Crippen molar-refractivity contribution in [3.63, 3.8) is 0 Å². The third-order valence-corrected chi connectivity index (χ3v) is 5.75. The van der Waals surface area contributed by atoms with Gasteiger partial charge >= 0.3 is 0 Å². The van der Waals surface area contributed by atoms with Crippen LogP contribution >= 0.6 is 0 Å². The molecule has 2 aromatic carbocycles. The predicted molar refractivity (Wildman–Crippen MR) is 105 cm³/mol. The number of fused-ring (bicyclic) bond motifs is 1. The van der Waals surface area contributed by atoms with E-state index in [1.165, 1.54) is 4.90 Å². The van der Waals surface area contributed by atoms with E-state index in [0.29, 0.717) is 22.9 Å². The Morgan fingerprint density at radius 3 is 2.36 bits per heavy atom. The van der Waals surface area contributed by atoms with Crippen LogP contribution in [-0.4, -0.2) is 24.2 Å². The van der Waals surface area contributed by atoms with Crippen LogP contribution in [0.25, 0.3) is 0 Å². The minimum atomic E-state index is -0.185. The fourth-order valence-corrected chi connectivity index (χ4v) is 4.19. The maximum atomic E-state index is 12.8. The molecule has 1 heterocycles. The average Bonchev–Trinajstić information content (AvgIpc) is 2.97. The number of nitrogens with zero attached hydrogens (tertiary/aromatic N) is 1. The number of anilines is 1. The Morgan fingerprint density at radius 2 is 1.64 bits per heavy atom. The summed E-state index contributed by atoms with van der Waals surface area (Å²) in [6.45, 7) is 2.08. The van der Waals surface area contributed by atoms with Gasteiger partial charge in [0.1, 0.15) is 5.75 Å². The molecule has 2 aromatic rings. The lowest BCUT2D eigenvalue weighted by Gasteiger charge is -2.25. The van der Waals surface area contributed by atoms with Gasteiger partial charge in [0, 0.05) is 5.56 Å². The molecule has 5 heteroatoms. The number of amides is 2. The molecule has 144 valence electrons. The smallest absolute Gasteiger partial charge is 0.237 e. The molecule has 0 N–H and O–H groups in total. The quantitative estimate of drug-likeness (QED) is 0.586. The predicted octanol–water partition coefficient (Wildman–Crippen LogP) is 3.87. The maximum Gasteiger partial charge on any atom is 0.237 e. The lowest BCUT2D eigenvalue weighted by Crippen LogP contribution is -2.30. The Labute approximate surface area is 164 Å². The van der Waals surface area contributed by atoms with Gasteiger partial charge in [0.15, 0.2) is 12.4 Å². The Balaban J connectivity index is 1.43. The number of ether oxygens (including phenoxy) is 1. The van der Waals surface area contributed by atoms with Crippen LogP contribution in [0.1, 0.15) is 36.5 Å². The van der Waals surface area contributed by atoms with Gasteiger partial charge in [-0.2, -0.15) is 0 Å². The van der Waals surface area contributed by atoms with Crippen LogP contribution in [0.5, 0.6) is 5.75 Å². The number of ketones is 1. The van der Waals surface area contributed by atoms with Gasteiger partial charge in [-0.25, -0.2) is 0 Å². The largest absolute Gasteiger partial charge is 0.485 e. The number of benzene rings is 2. The van der Waals surface area contributed by atoms with Crippen LogP contribution in [-0.2, 0) is 9.59 Å². The van der Waals surface area contributed by atoms with Crippen molar-refractivity contribution in [1.29, 1.82) is 0 Å². The highest BCUT2D eigenvalue weighted by molar-refractivity contribution is 6.22. The molecule has 0 aromatic heterocycles. The minimum absolute atomic E-state index is 0.0625. The van der Waals surface area contributed by atoms with Crippen molar-refractivity contribution in [1.82, 2.24) is 0 Å². The van der Waals surface area contributed by atoms with Crippen molar-refractivity contribution in [2.45, 2.75) is 26.2 Å². The monoisotopic (exact) mass is 377 g/mol. The number of hydrogen-bond acceptors (Lipinski definition) is 4. The fourth-order valence-electron chi connectivity index (χ4n) is 4.19. The van der Waals surface area contributed by atoms with Gasteiger partial charge in [0.25, 0.3) is 0 Å². The van der Waals surface area contributed by atoms with Crippen molar-refractivity contribution in [2.24, 2.45) is 17.8 Å². The normalized spacial score (nSPS) is 24.2. The van der Waals surface area contributed by atoms with Gasteiger partial charge in [-0.15, -0.1) is 0 Å². The van der Waals surface area contributed by atoms with Gasteiger partial charge in [0.2, 0.25) is 11.8 Å². The lowest BCUT2D eigenvalue weighted by molar-refractivity contribution is -0.122. The van der Waals surface area contributed by atoms with Crippen molar-refractivity contribution >= 4 is 23.3 Å². The molecule has 2 fully saturated rings. The van der Waals surface area contributed by atoms with Crippen LogP contribution in [0.4, 0.5) is 5.69 Å². The zero-order valence-electron chi connectivity index (χ0n) is 15.8. The van der Waals surface area contributed by atoms with Crippen molar-refractivity contribution in [3.05, 3.63) is 60.2 Å². The van der Waals surface area contributed by atoms with Crippen LogP contribution in [0.15, 0.2) is 54.6 Å². The second kappa shape index (κ2) is 7.58. The molecule has 0 unspecified atom stereocenters. The van der Waals surface area contributed by atoms with Crippen LogP contribution in [0.3, 0.4) is 0 Å². The SMILES string of the molecule is C[C@H]1CC[C@H]2C(=O)N(c3ccc(OCC(=O)c4ccccc4)cc3)C(=O)[C@@H]2C1. The number of Topliss-reactive ketones (excluding diaryl/α,β-unsaturated/α-hetero) is 1. The highest BCUT2D eigenvalue weighted by Crippen LogP contribution is 2.42. The molecule has 1 saturated heterocycles. The van der Waals surface area contributed by atoms with E-state index < -0.39 is 0 Å². The van der Waals surface area contributed by atoms with E-state index in [2.05, 4.69) is 6.92 Å². The number of carbonyl (C=O) groups is 3. The van der Waals surface area contributed by atoms with E-state index in [9.17, 15) is 14.4 Å². The summed E-state index contributed by atoms with van der Waals surface area (Å²) in [6, 6.07) is 15.8. The molecule has 2 aliphatic rings. The molecule has 1 aliphatic heterocycles.